The second kappa shape index (κ2) is 6.94. The summed E-state index contributed by atoms with van der Waals surface area (Å²) >= 11 is 0. The molecular weight excluding hydrogens is 116 g/mol. The van der Waals surface area contributed by atoms with Crippen LogP contribution < -0.4 is 0 Å². The molecule has 0 aromatic carbocycles. The van der Waals surface area contributed by atoms with Crippen molar-refractivity contribution >= 4 is 0 Å². The Balaban J connectivity index is 0. The average molecular weight is 126 g/mol. The Morgan fingerprint density at radius 2 is 1.56 bits per heavy atom. The van der Waals surface area contributed by atoms with E-state index in [-0.39, 0.29) is 1.43 Å². The van der Waals surface area contributed by atoms with E-state index in [4.69, 9.17) is 15.3 Å². The monoisotopic (exact) mass is 126 g/mol. The zero-order valence-corrected chi connectivity index (χ0v) is 5.13. The molecule has 0 aliphatic carbocycles. The van der Waals surface area contributed by atoms with Gasteiger partial charge in [0.1, 0.15) is 0 Å². The highest BCUT2D eigenvalue weighted by atomic mass is 16.5. The Kier molecular flexibility index (Phi) is 6.12. The van der Waals surface area contributed by atoms with Gasteiger partial charge in [-0.05, 0) is 0 Å². The molecule has 0 amide bonds. The van der Waals surface area contributed by atoms with Crippen LogP contribution in [-0.4, -0.2) is 13.2 Å². The highest BCUT2D eigenvalue weighted by molar-refractivity contribution is 4.69. The number of hydrogen-bond donors (Lipinski definition) is 0. The molecule has 0 aliphatic rings. The van der Waals surface area contributed by atoms with Crippen molar-refractivity contribution in [3.8, 4) is 12.1 Å². The van der Waals surface area contributed by atoms with E-state index < -0.39 is 0 Å². The van der Waals surface area contributed by atoms with Crippen molar-refractivity contribution in [1.82, 2.24) is 0 Å². The molecule has 0 fully saturated rings. The van der Waals surface area contributed by atoms with Crippen LogP contribution in [0.4, 0.5) is 0 Å². The van der Waals surface area contributed by atoms with Crippen LogP contribution in [0.5, 0.6) is 0 Å². The van der Waals surface area contributed by atoms with Gasteiger partial charge in [-0.15, -0.1) is 0 Å². The van der Waals surface area contributed by atoms with Crippen molar-refractivity contribution < 1.29 is 6.16 Å². The number of hydrogen-bond acceptors (Lipinski definition) is 3. The van der Waals surface area contributed by atoms with Gasteiger partial charge in [0.25, 0.3) is 0 Å². The standard InChI is InChI=1S/C6H8N2O.H2/c7-3-1-5-9-6-2-4-8;/h1-2,5-6H2;1H. The predicted molar refractivity (Wildman–Crippen MR) is 33.4 cm³/mol. The van der Waals surface area contributed by atoms with E-state index in [1.165, 1.54) is 0 Å². The summed E-state index contributed by atoms with van der Waals surface area (Å²) in [6.07, 6.45) is 0.816. The van der Waals surface area contributed by atoms with E-state index in [0.29, 0.717) is 26.1 Å². The summed E-state index contributed by atoms with van der Waals surface area (Å²) in [4.78, 5) is 0. The fourth-order valence-corrected chi connectivity index (χ4v) is 0.338. The Hall–Kier alpha value is -1.06. The molecule has 3 nitrogen and oxygen atoms in total. The van der Waals surface area contributed by atoms with Gasteiger partial charge in [-0.3, -0.25) is 0 Å². The molecule has 0 spiro atoms. The molecule has 0 saturated heterocycles. The first-order chi connectivity index (χ1) is 4.41. The van der Waals surface area contributed by atoms with Crippen molar-refractivity contribution in [2.45, 2.75) is 12.8 Å². The fraction of sp³-hybridized carbons (Fsp3) is 0.667. The first-order valence-electron chi connectivity index (χ1n) is 2.73. The second-order valence-corrected chi connectivity index (χ2v) is 1.43. The number of ether oxygens (including phenoxy) is 1. The van der Waals surface area contributed by atoms with Crippen LogP contribution in [0.3, 0.4) is 0 Å². The Morgan fingerprint density at radius 3 is 1.89 bits per heavy atom. The van der Waals surface area contributed by atoms with Crippen molar-refractivity contribution in [3.63, 3.8) is 0 Å². The quantitative estimate of drug-likeness (QED) is 0.529. The summed E-state index contributed by atoms with van der Waals surface area (Å²) in [6.45, 7) is 0.885. The third-order valence-electron chi connectivity index (χ3n) is 0.716. The number of nitriles is 2. The molecule has 0 saturated carbocycles. The maximum atomic E-state index is 8.03. The Labute approximate surface area is 55.9 Å². The number of rotatable bonds is 4. The zero-order valence-electron chi connectivity index (χ0n) is 5.13. The van der Waals surface area contributed by atoms with Gasteiger partial charge >= 0.3 is 0 Å². The topological polar surface area (TPSA) is 56.8 Å². The lowest BCUT2D eigenvalue weighted by molar-refractivity contribution is 0.145. The minimum absolute atomic E-state index is 0. The minimum Gasteiger partial charge on any atom is -0.379 e. The van der Waals surface area contributed by atoms with E-state index in [1.54, 1.807) is 0 Å². The zero-order chi connectivity index (χ0) is 6.95. The van der Waals surface area contributed by atoms with Crippen LogP contribution >= 0.6 is 0 Å². The van der Waals surface area contributed by atoms with E-state index >= 15 is 0 Å². The molecule has 0 aromatic heterocycles. The summed E-state index contributed by atoms with van der Waals surface area (Å²) in [7, 11) is 0. The van der Waals surface area contributed by atoms with Gasteiger partial charge in [-0.1, -0.05) is 0 Å². The lowest BCUT2D eigenvalue weighted by Crippen LogP contribution is -1.93. The average Bonchev–Trinajstić information content (AvgIpc) is 1.89. The molecular formula is C6H10N2O. The summed E-state index contributed by atoms with van der Waals surface area (Å²) in [5.41, 5.74) is 0. The molecule has 0 bridgehead atoms. The van der Waals surface area contributed by atoms with Crippen LogP contribution in [-0.2, 0) is 4.74 Å². The molecule has 0 aromatic rings. The summed E-state index contributed by atoms with van der Waals surface area (Å²) < 4.78 is 4.87. The number of nitrogens with zero attached hydrogens (tertiary/aromatic N) is 2. The van der Waals surface area contributed by atoms with Crippen molar-refractivity contribution in [2.24, 2.45) is 0 Å². The van der Waals surface area contributed by atoms with Crippen LogP contribution in [0.1, 0.15) is 14.3 Å². The normalized spacial score (nSPS) is 7.78. The van der Waals surface area contributed by atoms with Crippen molar-refractivity contribution in [3.05, 3.63) is 0 Å². The van der Waals surface area contributed by atoms with Crippen molar-refractivity contribution in [2.75, 3.05) is 13.2 Å². The fourth-order valence-electron chi connectivity index (χ4n) is 0.338. The maximum Gasteiger partial charge on any atom is 0.0645 e. The molecule has 3 heteroatoms. The third kappa shape index (κ3) is 6.94. The molecule has 0 radical (unpaired) electrons. The summed E-state index contributed by atoms with van der Waals surface area (Å²) in [6, 6.07) is 3.87. The minimum atomic E-state index is 0. The van der Waals surface area contributed by atoms with E-state index in [2.05, 4.69) is 0 Å². The smallest absolute Gasteiger partial charge is 0.0645 e. The molecule has 0 unspecified atom stereocenters. The molecule has 0 N–H and O–H groups in total. The Morgan fingerprint density at radius 1 is 1.11 bits per heavy atom. The predicted octanol–water partition coefficient (Wildman–Crippen LogP) is 1.08. The van der Waals surface area contributed by atoms with Gasteiger partial charge in [-0.2, -0.15) is 10.5 Å². The van der Waals surface area contributed by atoms with Gasteiger partial charge in [0.05, 0.1) is 38.2 Å². The summed E-state index contributed by atoms with van der Waals surface area (Å²) in [5, 5.41) is 16.1. The van der Waals surface area contributed by atoms with E-state index in [9.17, 15) is 0 Å². The second-order valence-electron chi connectivity index (χ2n) is 1.43. The van der Waals surface area contributed by atoms with Crippen LogP contribution in [0, 0.1) is 22.7 Å². The SMILES string of the molecule is N#CCCOCCC#N.[HH]. The molecule has 0 heterocycles. The lowest BCUT2D eigenvalue weighted by atomic mass is 10.5. The molecule has 0 aliphatic heterocycles. The highest BCUT2D eigenvalue weighted by Gasteiger charge is 1.84. The molecule has 0 rings (SSSR count). The van der Waals surface area contributed by atoms with Gasteiger partial charge in [-0.25, -0.2) is 0 Å². The first kappa shape index (κ1) is 7.94. The van der Waals surface area contributed by atoms with Gasteiger partial charge in [0.2, 0.25) is 0 Å². The molecule has 50 valence electrons. The molecule has 0 atom stereocenters. The van der Waals surface area contributed by atoms with Crippen molar-refractivity contribution in [1.29, 1.82) is 10.5 Å². The molecule has 9 heavy (non-hydrogen) atoms. The van der Waals surface area contributed by atoms with Crippen LogP contribution in [0.15, 0.2) is 0 Å². The van der Waals surface area contributed by atoms with Gasteiger partial charge < -0.3 is 4.74 Å². The highest BCUT2D eigenvalue weighted by Crippen LogP contribution is 1.82. The van der Waals surface area contributed by atoms with Crippen LogP contribution in [0.25, 0.3) is 0 Å². The van der Waals surface area contributed by atoms with E-state index in [0.717, 1.165) is 0 Å². The van der Waals surface area contributed by atoms with Crippen LogP contribution in [0.2, 0.25) is 0 Å². The van der Waals surface area contributed by atoms with Gasteiger partial charge in [0, 0.05) is 1.43 Å². The first-order valence-corrected chi connectivity index (χ1v) is 2.73. The maximum absolute atomic E-state index is 8.03. The van der Waals surface area contributed by atoms with Gasteiger partial charge in [0.15, 0.2) is 0 Å². The van der Waals surface area contributed by atoms with E-state index in [1.807, 2.05) is 12.1 Å². The third-order valence-corrected chi connectivity index (χ3v) is 0.716. The lowest BCUT2D eigenvalue weighted by Gasteiger charge is -1.93. The largest absolute Gasteiger partial charge is 0.379 e. The summed E-state index contributed by atoms with van der Waals surface area (Å²) in [5.74, 6) is 0. The Bertz CT molecular complexity index is 120.